The van der Waals surface area contributed by atoms with Crippen molar-refractivity contribution >= 4 is 16.7 Å². The predicted molar refractivity (Wildman–Crippen MR) is 152 cm³/mol. The van der Waals surface area contributed by atoms with Crippen LogP contribution in [0.3, 0.4) is 0 Å². The van der Waals surface area contributed by atoms with Crippen molar-refractivity contribution in [3.05, 3.63) is 150 Å². The summed E-state index contributed by atoms with van der Waals surface area (Å²) >= 11 is 0. The van der Waals surface area contributed by atoms with Crippen LogP contribution in [0.5, 0.6) is 11.5 Å². The van der Waals surface area contributed by atoms with Crippen molar-refractivity contribution in [2.45, 2.75) is 12.7 Å². The number of aromatic nitrogens is 2. The maximum atomic E-state index is 13.9. The Morgan fingerprint density at radius 2 is 1.44 bits per heavy atom. The van der Waals surface area contributed by atoms with Crippen molar-refractivity contribution in [2.75, 3.05) is 0 Å². The zero-order valence-corrected chi connectivity index (χ0v) is 21.7. The number of carbonyl (C=O) groups excluding carboxylic acids is 1. The van der Waals surface area contributed by atoms with Crippen LogP contribution >= 0.6 is 0 Å². The van der Waals surface area contributed by atoms with Gasteiger partial charge in [-0.25, -0.2) is 0 Å². The molecule has 6 aromatic rings. The molecule has 0 saturated heterocycles. The highest BCUT2D eigenvalue weighted by Gasteiger charge is 2.34. The maximum Gasteiger partial charge on any atom is 0.418 e. The predicted octanol–water partition coefficient (Wildman–Crippen LogP) is 8.79. The minimum Gasteiger partial charge on any atom is -0.457 e. The fraction of sp³-hybridized carbons (Fsp3) is 0.0588. The molecule has 0 aliphatic carbocycles. The van der Waals surface area contributed by atoms with E-state index in [-0.39, 0.29) is 17.8 Å². The number of halogens is 3. The molecule has 0 aliphatic heterocycles. The van der Waals surface area contributed by atoms with Crippen LogP contribution in [0.15, 0.2) is 127 Å². The summed E-state index contributed by atoms with van der Waals surface area (Å²) in [6.45, 7) is 0.279. The minimum absolute atomic E-state index is 0.115. The van der Waals surface area contributed by atoms with E-state index < -0.39 is 11.7 Å². The van der Waals surface area contributed by atoms with E-state index in [1.165, 1.54) is 6.07 Å². The van der Waals surface area contributed by atoms with Gasteiger partial charge in [-0.1, -0.05) is 97.1 Å². The fourth-order valence-electron chi connectivity index (χ4n) is 4.88. The molecule has 6 rings (SSSR count). The Balaban J connectivity index is 1.43. The van der Waals surface area contributed by atoms with E-state index in [9.17, 15) is 18.0 Å². The van der Waals surface area contributed by atoms with Crippen molar-refractivity contribution in [1.82, 2.24) is 9.78 Å². The second-order valence-electron chi connectivity index (χ2n) is 9.51. The summed E-state index contributed by atoms with van der Waals surface area (Å²) in [7, 11) is 0. The van der Waals surface area contributed by atoms with E-state index in [4.69, 9.17) is 4.74 Å². The molecule has 7 heteroatoms. The van der Waals surface area contributed by atoms with Crippen molar-refractivity contribution in [2.24, 2.45) is 0 Å². The smallest absolute Gasteiger partial charge is 0.418 e. The Morgan fingerprint density at radius 3 is 2.20 bits per heavy atom. The standard InChI is InChI=1S/C34H23F3N2O2/c35-34(36,37)29-19-10-18-28-31(29)38-39(22-23-11-3-1-4-12-23)32(28)25-15-9-16-26(21-25)41-30-20-8-7-17-27(30)33(40)24-13-5-2-6-14-24/h1-21H,22H2. The molecule has 0 spiro atoms. The maximum absolute atomic E-state index is 13.9. The highest BCUT2D eigenvalue weighted by Crippen LogP contribution is 2.39. The summed E-state index contributed by atoms with van der Waals surface area (Å²) in [5.74, 6) is 0.632. The lowest BCUT2D eigenvalue weighted by Crippen LogP contribution is -2.06. The van der Waals surface area contributed by atoms with Crippen LogP contribution in [0.4, 0.5) is 13.2 Å². The summed E-state index contributed by atoms with van der Waals surface area (Å²) in [6, 6.07) is 36.5. The van der Waals surface area contributed by atoms with Crippen molar-refractivity contribution in [3.8, 4) is 22.8 Å². The van der Waals surface area contributed by atoms with Gasteiger partial charge in [0.05, 0.1) is 23.4 Å². The minimum atomic E-state index is -4.55. The molecule has 0 N–H and O–H groups in total. The summed E-state index contributed by atoms with van der Waals surface area (Å²) in [6.07, 6.45) is -4.55. The molecule has 0 fully saturated rings. The van der Waals surface area contributed by atoms with Gasteiger partial charge in [0.2, 0.25) is 0 Å². The molecule has 0 saturated carbocycles. The molecular weight excluding hydrogens is 525 g/mol. The average molecular weight is 549 g/mol. The zero-order chi connectivity index (χ0) is 28.4. The van der Waals surface area contributed by atoms with Gasteiger partial charge in [0, 0.05) is 16.5 Å². The molecule has 0 unspecified atom stereocenters. The number of carbonyl (C=O) groups is 1. The lowest BCUT2D eigenvalue weighted by molar-refractivity contribution is -0.136. The van der Waals surface area contributed by atoms with Crippen molar-refractivity contribution in [3.63, 3.8) is 0 Å². The normalized spacial score (nSPS) is 11.5. The van der Waals surface area contributed by atoms with Crippen LogP contribution < -0.4 is 4.74 Å². The van der Waals surface area contributed by atoms with Crippen LogP contribution in [0.1, 0.15) is 27.0 Å². The Hall–Kier alpha value is -5.17. The summed E-state index contributed by atoms with van der Waals surface area (Å²) in [5.41, 5.74) is 2.10. The molecule has 0 amide bonds. The Morgan fingerprint density at radius 1 is 0.756 bits per heavy atom. The number of hydrogen-bond acceptors (Lipinski definition) is 3. The quantitative estimate of drug-likeness (QED) is 0.187. The van der Waals surface area contributed by atoms with E-state index >= 15 is 0 Å². The van der Waals surface area contributed by atoms with Gasteiger partial charge < -0.3 is 4.74 Å². The van der Waals surface area contributed by atoms with Crippen LogP contribution in [-0.4, -0.2) is 15.6 Å². The second-order valence-corrected chi connectivity index (χ2v) is 9.51. The largest absolute Gasteiger partial charge is 0.457 e. The van der Waals surface area contributed by atoms with E-state index in [1.54, 1.807) is 77.5 Å². The number of benzene rings is 5. The Bertz CT molecular complexity index is 1850. The van der Waals surface area contributed by atoms with E-state index in [2.05, 4.69) is 5.10 Å². The highest BCUT2D eigenvalue weighted by molar-refractivity contribution is 6.10. The van der Waals surface area contributed by atoms with Gasteiger partial charge in [-0.3, -0.25) is 9.48 Å². The van der Waals surface area contributed by atoms with Crippen LogP contribution in [0, 0.1) is 0 Å². The zero-order valence-electron chi connectivity index (χ0n) is 21.7. The summed E-state index contributed by atoms with van der Waals surface area (Å²) < 4.78 is 49.6. The lowest BCUT2D eigenvalue weighted by atomic mass is 10.0. The summed E-state index contributed by atoms with van der Waals surface area (Å²) in [5, 5.41) is 4.83. The van der Waals surface area contributed by atoms with Gasteiger partial charge in [-0.05, 0) is 35.9 Å². The van der Waals surface area contributed by atoms with E-state index in [1.807, 2.05) is 42.5 Å². The first-order valence-corrected chi connectivity index (χ1v) is 13.0. The van der Waals surface area contributed by atoms with Crippen molar-refractivity contribution in [1.29, 1.82) is 0 Å². The first-order chi connectivity index (χ1) is 19.9. The second kappa shape index (κ2) is 10.8. The van der Waals surface area contributed by atoms with Crippen LogP contribution in [-0.2, 0) is 12.7 Å². The van der Waals surface area contributed by atoms with Gasteiger partial charge in [0.25, 0.3) is 0 Å². The molecule has 5 aromatic carbocycles. The third-order valence-corrected chi connectivity index (χ3v) is 6.75. The van der Waals surface area contributed by atoms with E-state index in [0.717, 1.165) is 11.6 Å². The number of hydrogen-bond donors (Lipinski definition) is 0. The molecule has 0 bridgehead atoms. The van der Waals surface area contributed by atoms with Crippen LogP contribution in [0.2, 0.25) is 0 Å². The Kier molecular flexibility index (Phi) is 6.85. The monoisotopic (exact) mass is 548 g/mol. The molecule has 0 atom stereocenters. The highest BCUT2D eigenvalue weighted by atomic mass is 19.4. The summed E-state index contributed by atoms with van der Waals surface area (Å²) in [4.78, 5) is 13.2. The number of ether oxygens (including phenoxy) is 1. The topological polar surface area (TPSA) is 44.1 Å². The molecular formula is C34H23F3N2O2. The molecule has 202 valence electrons. The molecule has 0 radical (unpaired) electrons. The number of rotatable bonds is 7. The average Bonchev–Trinajstić information content (AvgIpc) is 3.35. The number of para-hydroxylation sites is 1. The van der Waals surface area contributed by atoms with Gasteiger partial charge in [-0.15, -0.1) is 0 Å². The van der Waals surface area contributed by atoms with Crippen molar-refractivity contribution < 1.29 is 22.7 Å². The first-order valence-electron chi connectivity index (χ1n) is 13.0. The molecule has 4 nitrogen and oxygen atoms in total. The van der Waals surface area contributed by atoms with Gasteiger partial charge >= 0.3 is 6.18 Å². The van der Waals surface area contributed by atoms with Gasteiger partial charge in [-0.2, -0.15) is 18.3 Å². The molecule has 0 aliphatic rings. The number of nitrogens with zero attached hydrogens (tertiary/aromatic N) is 2. The number of alkyl halides is 3. The molecule has 1 heterocycles. The fourth-order valence-corrected chi connectivity index (χ4v) is 4.88. The third kappa shape index (κ3) is 5.34. The third-order valence-electron chi connectivity index (χ3n) is 6.75. The Labute approximate surface area is 234 Å². The van der Waals surface area contributed by atoms with Gasteiger partial charge in [0.15, 0.2) is 5.78 Å². The van der Waals surface area contributed by atoms with Gasteiger partial charge in [0.1, 0.15) is 17.0 Å². The number of ketones is 1. The SMILES string of the molecule is O=C(c1ccccc1)c1ccccc1Oc1cccc(-c2c3cccc(C(F)(F)F)c3nn2Cc2ccccc2)c1. The van der Waals surface area contributed by atoms with Crippen LogP contribution in [0.25, 0.3) is 22.2 Å². The van der Waals surface area contributed by atoms with E-state index in [0.29, 0.717) is 39.3 Å². The molecule has 1 aromatic heterocycles. The first kappa shape index (κ1) is 26.1. The lowest BCUT2D eigenvalue weighted by Gasteiger charge is -2.13. The molecule has 41 heavy (non-hydrogen) atoms. The number of fused-ring (bicyclic) bond motifs is 1.